The molecule has 126 valence electrons. The molecule has 2 heterocycles. The van der Waals surface area contributed by atoms with Gasteiger partial charge in [-0.1, -0.05) is 18.2 Å². The molecule has 0 saturated heterocycles. The second-order valence-electron chi connectivity index (χ2n) is 6.94. The molecule has 5 nitrogen and oxygen atoms in total. The summed E-state index contributed by atoms with van der Waals surface area (Å²) in [6.07, 6.45) is 5.72. The number of carbonyl (C=O) groups excluding carboxylic acids is 1. The van der Waals surface area contributed by atoms with Crippen LogP contribution in [0.4, 0.5) is 0 Å². The molecular weight excluding hydrogens is 302 g/mol. The molecule has 1 amide bonds. The van der Waals surface area contributed by atoms with Crippen LogP contribution in [0.25, 0.3) is 0 Å². The lowest BCUT2D eigenvalue weighted by Crippen LogP contribution is -2.45. The Morgan fingerprint density at radius 3 is 2.92 bits per heavy atom. The molecule has 5 heteroatoms. The first-order valence-electron chi connectivity index (χ1n) is 8.59. The SMILES string of the molecule is COc1ccccc1C1(C(=O)NC2CCc3nc(C)cn3C2)CC1. The molecule has 0 spiro atoms. The Labute approximate surface area is 142 Å². The highest BCUT2D eigenvalue weighted by Gasteiger charge is 2.53. The number of nitrogens with one attached hydrogen (secondary N) is 1. The number of aromatic nitrogens is 2. The summed E-state index contributed by atoms with van der Waals surface area (Å²) < 4.78 is 7.64. The fraction of sp³-hybridized carbons (Fsp3) is 0.474. The van der Waals surface area contributed by atoms with Gasteiger partial charge in [0, 0.05) is 30.8 Å². The van der Waals surface area contributed by atoms with E-state index in [1.165, 1.54) is 0 Å². The van der Waals surface area contributed by atoms with Gasteiger partial charge in [-0.3, -0.25) is 4.79 Å². The third kappa shape index (κ3) is 2.48. The highest BCUT2D eigenvalue weighted by atomic mass is 16.5. The van der Waals surface area contributed by atoms with E-state index in [9.17, 15) is 4.79 Å². The van der Waals surface area contributed by atoms with E-state index in [-0.39, 0.29) is 11.9 Å². The monoisotopic (exact) mass is 325 g/mol. The van der Waals surface area contributed by atoms with Crippen molar-refractivity contribution in [1.82, 2.24) is 14.9 Å². The molecule has 1 aliphatic carbocycles. The molecule has 1 unspecified atom stereocenters. The lowest BCUT2D eigenvalue weighted by Gasteiger charge is -2.27. The number of hydrogen-bond donors (Lipinski definition) is 1. The Bertz CT molecular complexity index is 777. The van der Waals surface area contributed by atoms with Crippen molar-refractivity contribution in [1.29, 1.82) is 0 Å². The van der Waals surface area contributed by atoms with Gasteiger partial charge in [0.05, 0.1) is 18.2 Å². The zero-order valence-corrected chi connectivity index (χ0v) is 14.2. The first kappa shape index (κ1) is 15.2. The summed E-state index contributed by atoms with van der Waals surface area (Å²) in [5, 5.41) is 3.28. The fourth-order valence-corrected chi connectivity index (χ4v) is 3.81. The molecule has 1 atom stereocenters. The van der Waals surface area contributed by atoms with E-state index in [1.807, 2.05) is 31.2 Å². The molecule has 2 aliphatic rings. The van der Waals surface area contributed by atoms with Crippen LogP contribution >= 0.6 is 0 Å². The Hall–Kier alpha value is -2.30. The van der Waals surface area contributed by atoms with E-state index >= 15 is 0 Å². The summed E-state index contributed by atoms with van der Waals surface area (Å²) in [5.41, 5.74) is 1.65. The van der Waals surface area contributed by atoms with Gasteiger partial charge < -0.3 is 14.6 Å². The number of aryl methyl sites for hydroxylation is 2. The normalized spacial score (nSPS) is 21.0. The fourth-order valence-electron chi connectivity index (χ4n) is 3.81. The maximum atomic E-state index is 13.0. The molecule has 1 fully saturated rings. The number of nitrogens with zero attached hydrogens (tertiary/aromatic N) is 2. The average Bonchev–Trinajstić information content (AvgIpc) is 3.31. The third-order valence-corrected chi connectivity index (χ3v) is 5.26. The molecule has 1 aromatic heterocycles. The van der Waals surface area contributed by atoms with Gasteiger partial charge in [0.25, 0.3) is 0 Å². The molecular formula is C19H23N3O2. The van der Waals surface area contributed by atoms with Crippen molar-refractivity contribution in [3.05, 3.63) is 47.5 Å². The topological polar surface area (TPSA) is 56.1 Å². The van der Waals surface area contributed by atoms with Gasteiger partial charge >= 0.3 is 0 Å². The number of benzene rings is 1. The summed E-state index contributed by atoms with van der Waals surface area (Å²) in [5.74, 6) is 2.07. The Morgan fingerprint density at radius 1 is 1.38 bits per heavy atom. The van der Waals surface area contributed by atoms with Crippen molar-refractivity contribution in [3.63, 3.8) is 0 Å². The van der Waals surface area contributed by atoms with E-state index in [1.54, 1.807) is 7.11 Å². The smallest absolute Gasteiger partial charge is 0.231 e. The number of amides is 1. The van der Waals surface area contributed by atoms with E-state index in [4.69, 9.17) is 4.74 Å². The van der Waals surface area contributed by atoms with Crippen LogP contribution in [0, 0.1) is 6.92 Å². The van der Waals surface area contributed by atoms with Gasteiger partial charge in [0.15, 0.2) is 0 Å². The van der Waals surface area contributed by atoms with Crippen molar-refractivity contribution in [2.75, 3.05) is 7.11 Å². The zero-order chi connectivity index (χ0) is 16.7. The number of fused-ring (bicyclic) bond motifs is 1. The maximum Gasteiger partial charge on any atom is 0.231 e. The number of rotatable bonds is 4. The van der Waals surface area contributed by atoms with Crippen LogP contribution in [0.15, 0.2) is 30.5 Å². The lowest BCUT2D eigenvalue weighted by atomic mass is 9.93. The van der Waals surface area contributed by atoms with Gasteiger partial charge in [-0.15, -0.1) is 0 Å². The second-order valence-corrected chi connectivity index (χ2v) is 6.94. The number of imidazole rings is 1. The Morgan fingerprint density at radius 2 is 2.17 bits per heavy atom. The molecule has 0 bridgehead atoms. The van der Waals surface area contributed by atoms with Crippen LogP contribution in [0.1, 0.15) is 36.3 Å². The Balaban J connectivity index is 1.51. The van der Waals surface area contributed by atoms with E-state index in [0.717, 1.165) is 55.1 Å². The number of hydrogen-bond acceptors (Lipinski definition) is 3. The number of carbonyl (C=O) groups is 1. The van der Waals surface area contributed by atoms with E-state index in [0.29, 0.717) is 0 Å². The van der Waals surface area contributed by atoms with Crippen LogP contribution in [0.3, 0.4) is 0 Å². The molecule has 24 heavy (non-hydrogen) atoms. The first-order valence-corrected chi connectivity index (χ1v) is 8.59. The lowest BCUT2D eigenvalue weighted by molar-refractivity contribution is -0.124. The number of para-hydroxylation sites is 1. The van der Waals surface area contributed by atoms with Crippen LogP contribution in [-0.4, -0.2) is 28.6 Å². The molecule has 1 N–H and O–H groups in total. The van der Waals surface area contributed by atoms with Crippen molar-refractivity contribution in [2.24, 2.45) is 0 Å². The van der Waals surface area contributed by atoms with E-state index in [2.05, 4.69) is 21.1 Å². The third-order valence-electron chi connectivity index (χ3n) is 5.26. The highest BCUT2D eigenvalue weighted by molar-refractivity contribution is 5.92. The number of methoxy groups -OCH3 is 1. The minimum Gasteiger partial charge on any atom is -0.496 e. The zero-order valence-electron chi connectivity index (χ0n) is 14.2. The molecule has 0 radical (unpaired) electrons. The van der Waals surface area contributed by atoms with Crippen molar-refractivity contribution < 1.29 is 9.53 Å². The summed E-state index contributed by atoms with van der Waals surface area (Å²) in [6.45, 7) is 2.82. The largest absolute Gasteiger partial charge is 0.496 e. The minimum atomic E-state index is -0.405. The first-order chi connectivity index (χ1) is 11.6. The van der Waals surface area contributed by atoms with E-state index < -0.39 is 5.41 Å². The number of ether oxygens (including phenoxy) is 1. The minimum absolute atomic E-state index is 0.136. The summed E-state index contributed by atoms with van der Waals surface area (Å²) in [4.78, 5) is 17.5. The predicted molar refractivity (Wildman–Crippen MR) is 91.1 cm³/mol. The molecule has 1 saturated carbocycles. The standard InChI is InChI=1S/C19H23N3O2/c1-13-11-22-12-14(7-8-17(22)20-13)21-18(23)19(9-10-19)15-5-3-4-6-16(15)24-2/h3-6,11,14H,7-10,12H2,1-2H3,(H,21,23). The molecule has 4 rings (SSSR count). The predicted octanol–water partition coefficient (Wildman–Crippen LogP) is 2.36. The maximum absolute atomic E-state index is 13.0. The van der Waals surface area contributed by atoms with Crippen LogP contribution in [0.5, 0.6) is 5.75 Å². The van der Waals surface area contributed by atoms with Gasteiger partial charge in [-0.2, -0.15) is 0 Å². The molecule has 2 aromatic rings. The van der Waals surface area contributed by atoms with Crippen LogP contribution in [-0.2, 0) is 23.2 Å². The summed E-state index contributed by atoms with van der Waals surface area (Å²) >= 11 is 0. The van der Waals surface area contributed by atoms with Gasteiger partial charge in [0.2, 0.25) is 5.91 Å². The molecule has 1 aliphatic heterocycles. The van der Waals surface area contributed by atoms with Gasteiger partial charge in [0.1, 0.15) is 11.6 Å². The quantitative estimate of drug-likeness (QED) is 0.939. The Kier molecular flexibility index (Phi) is 3.59. The second kappa shape index (κ2) is 5.65. The summed E-state index contributed by atoms with van der Waals surface area (Å²) in [7, 11) is 1.66. The van der Waals surface area contributed by atoms with Crippen molar-refractivity contribution >= 4 is 5.91 Å². The van der Waals surface area contributed by atoms with Crippen LogP contribution < -0.4 is 10.1 Å². The summed E-state index contributed by atoms with van der Waals surface area (Å²) in [6, 6.07) is 8.05. The van der Waals surface area contributed by atoms with Crippen molar-refractivity contribution in [2.45, 2.75) is 50.6 Å². The van der Waals surface area contributed by atoms with Crippen molar-refractivity contribution in [3.8, 4) is 5.75 Å². The average molecular weight is 325 g/mol. The van der Waals surface area contributed by atoms with Crippen LogP contribution in [0.2, 0.25) is 0 Å². The van der Waals surface area contributed by atoms with Gasteiger partial charge in [-0.25, -0.2) is 4.98 Å². The highest BCUT2D eigenvalue weighted by Crippen LogP contribution is 2.51. The van der Waals surface area contributed by atoms with Gasteiger partial charge in [-0.05, 0) is 32.3 Å². The molecule has 1 aromatic carbocycles.